The molecule has 1 aliphatic heterocycles. The van der Waals surface area contributed by atoms with Gasteiger partial charge < -0.3 is 9.64 Å². The lowest BCUT2D eigenvalue weighted by Gasteiger charge is -2.34. The summed E-state index contributed by atoms with van der Waals surface area (Å²) >= 11 is 1.70. The fraction of sp³-hybridized carbons (Fsp3) is 0.444. The molecule has 0 saturated carbocycles. The van der Waals surface area contributed by atoms with E-state index in [1.807, 2.05) is 43.0 Å². The van der Waals surface area contributed by atoms with Crippen LogP contribution in [0, 0.1) is 13.8 Å². The number of carbonyl (C=O) groups is 1. The number of amides is 1. The second-order valence-corrected chi connectivity index (χ2v) is 7.08. The summed E-state index contributed by atoms with van der Waals surface area (Å²) in [5, 5.41) is 3.23. The van der Waals surface area contributed by atoms with Crippen LogP contribution >= 0.6 is 11.3 Å². The first kappa shape index (κ1) is 16.9. The summed E-state index contributed by atoms with van der Waals surface area (Å²) in [5.41, 5.74) is 2.26. The first-order chi connectivity index (χ1) is 11.6. The third-order valence-electron chi connectivity index (χ3n) is 4.13. The minimum atomic E-state index is 0.0559. The van der Waals surface area contributed by atoms with Crippen molar-refractivity contribution in [2.24, 2.45) is 0 Å². The first-order valence-corrected chi connectivity index (χ1v) is 9.09. The van der Waals surface area contributed by atoms with Crippen molar-refractivity contribution in [2.45, 2.75) is 20.4 Å². The molecule has 0 atom stereocenters. The zero-order valence-electron chi connectivity index (χ0n) is 14.2. The van der Waals surface area contributed by atoms with E-state index in [9.17, 15) is 4.79 Å². The average Bonchev–Trinajstić information content (AvgIpc) is 2.99. The van der Waals surface area contributed by atoms with E-state index in [1.165, 1.54) is 5.56 Å². The summed E-state index contributed by atoms with van der Waals surface area (Å²) < 4.78 is 5.59. The Morgan fingerprint density at radius 2 is 1.88 bits per heavy atom. The molecule has 0 N–H and O–H groups in total. The van der Waals surface area contributed by atoms with Crippen molar-refractivity contribution < 1.29 is 9.53 Å². The van der Waals surface area contributed by atoms with Gasteiger partial charge in [0.15, 0.2) is 6.61 Å². The van der Waals surface area contributed by atoms with Crippen LogP contribution in [-0.4, -0.2) is 53.5 Å². The molecule has 5 nitrogen and oxygen atoms in total. The maximum atomic E-state index is 12.3. The van der Waals surface area contributed by atoms with Crippen molar-refractivity contribution >= 4 is 17.2 Å². The lowest BCUT2D eigenvalue weighted by molar-refractivity contribution is -0.135. The summed E-state index contributed by atoms with van der Waals surface area (Å²) in [6.07, 6.45) is 0. The number of thiazole rings is 1. The van der Waals surface area contributed by atoms with Gasteiger partial charge in [-0.1, -0.05) is 17.7 Å². The Labute approximate surface area is 146 Å². The monoisotopic (exact) mass is 345 g/mol. The van der Waals surface area contributed by atoms with Gasteiger partial charge in [0.1, 0.15) is 10.8 Å². The Balaban J connectivity index is 1.42. The highest BCUT2D eigenvalue weighted by molar-refractivity contribution is 7.09. The summed E-state index contributed by atoms with van der Waals surface area (Å²) in [6.45, 7) is 8.30. The summed E-state index contributed by atoms with van der Waals surface area (Å²) in [7, 11) is 0. The molecule has 0 bridgehead atoms. The van der Waals surface area contributed by atoms with Crippen LogP contribution in [0.5, 0.6) is 5.75 Å². The normalized spacial score (nSPS) is 15.5. The van der Waals surface area contributed by atoms with Crippen LogP contribution < -0.4 is 4.74 Å². The number of hydrogen-bond acceptors (Lipinski definition) is 5. The average molecular weight is 345 g/mol. The number of aryl methyl sites for hydroxylation is 2. The zero-order valence-corrected chi connectivity index (χ0v) is 15.0. The van der Waals surface area contributed by atoms with Crippen LogP contribution in [0.15, 0.2) is 29.6 Å². The van der Waals surface area contributed by atoms with Crippen molar-refractivity contribution in [3.8, 4) is 5.75 Å². The molecule has 1 aromatic heterocycles. The summed E-state index contributed by atoms with van der Waals surface area (Å²) in [6, 6.07) is 7.77. The van der Waals surface area contributed by atoms with Crippen LogP contribution in [0.2, 0.25) is 0 Å². The van der Waals surface area contributed by atoms with E-state index in [2.05, 4.69) is 15.3 Å². The molecule has 0 aliphatic carbocycles. The van der Waals surface area contributed by atoms with Crippen LogP contribution in [0.4, 0.5) is 0 Å². The Morgan fingerprint density at radius 1 is 1.17 bits per heavy atom. The van der Waals surface area contributed by atoms with Gasteiger partial charge in [-0.3, -0.25) is 9.69 Å². The molecule has 0 unspecified atom stereocenters. The number of ether oxygens (including phenoxy) is 1. The standard InChI is InChI=1S/C18H23N3O2S/c1-14-3-5-16(6-4-14)23-12-18(22)21-9-7-20(8-10-21)11-17-19-15(2)13-24-17/h3-6,13H,7-12H2,1-2H3. The summed E-state index contributed by atoms with van der Waals surface area (Å²) in [5.74, 6) is 0.798. The molecule has 1 amide bonds. The van der Waals surface area contributed by atoms with E-state index in [1.54, 1.807) is 11.3 Å². The van der Waals surface area contributed by atoms with Gasteiger partial charge in [-0.2, -0.15) is 0 Å². The minimum Gasteiger partial charge on any atom is -0.484 e. The Morgan fingerprint density at radius 3 is 2.50 bits per heavy atom. The lowest BCUT2D eigenvalue weighted by Crippen LogP contribution is -2.49. The van der Waals surface area contributed by atoms with Crippen molar-refractivity contribution in [1.82, 2.24) is 14.8 Å². The third kappa shape index (κ3) is 4.55. The van der Waals surface area contributed by atoms with Crippen molar-refractivity contribution in [3.05, 3.63) is 45.9 Å². The number of aromatic nitrogens is 1. The molecule has 0 spiro atoms. The molecule has 1 aromatic carbocycles. The number of hydrogen-bond donors (Lipinski definition) is 0. The van der Waals surface area contributed by atoms with Gasteiger partial charge in [-0.25, -0.2) is 4.98 Å². The highest BCUT2D eigenvalue weighted by Gasteiger charge is 2.22. The summed E-state index contributed by atoms with van der Waals surface area (Å²) in [4.78, 5) is 21.0. The van der Waals surface area contributed by atoms with Crippen LogP contribution in [0.3, 0.4) is 0 Å². The smallest absolute Gasteiger partial charge is 0.260 e. The van der Waals surface area contributed by atoms with E-state index < -0.39 is 0 Å². The third-order valence-corrected chi connectivity index (χ3v) is 5.09. The van der Waals surface area contributed by atoms with Gasteiger partial charge in [0.2, 0.25) is 0 Å². The van der Waals surface area contributed by atoms with E-state index in [-0.39, 0.29) is 12.5 Å². The van der Waals surface area contributed by atoms with Crippen LogP contribution in [0.25, 0.3) is 0 Å². The fourth-order valence-electron chi connectivity index (χ4n) is 2.69. The molecule has 3 rings (SSSR count). The van der Waals surface area contributed by atoms with Crippen molar-refractivity contribution in [3.63, 3.8) is 0 Å². The zero-order chi connectivity index (χ0) is 16.9. The number of benzene rings is 1. The molecule has 1 aliphatic rings. The van der Waals surface area contributed by atoms with Gasteiger partial charge in [-0.05, 0) is 26.0 Å². The van der Waals surface area contributed by atoms with E-state index >= 15 is 0 Å². The SMILES string of the molecule is Cc1ccc(OCC(=O)N2CCN(Cc3nc(C)cs3)CC2)cc1. The van der Waals surface area contributed by atoms with Gasteiger partial charge in [0.25, 0.3) is 5.91 Å². The molecular weight excluding hydrogens is 322 g/mol. The second kappa shape index (κ2) is 7.77. The minimum absolute atomic E-state index is 0.0559. The maximum absolute atomic E-state index is 12.3. The highest BCUT2D eigenvalue weighted by Crippen LogP contribution is 2.14. The predicted molar refractivity (Wildman–Crippen MR) is 95.4 cm³/mol. The molecule has 1 saturated heterocycles. The lowest BCUT2D eigenvalue weighted by atomic mass is 10.2. The molecule has 24 heavy (non-hydrogen) atoms. The topological polar surface area (TPSA) is 45.7 Å². The molecule has 128 valence electrons. The molecule has 1 fully saturated rings. The number of rotatable bonds is 5. The van der Waals surface area contributed by atoms with Crippen molar-refractivity contribution in [1.29, 1.82) is 0 Å². The van der Waals surface area contributed by atoms with Gasteiger partial charge >= 0.3 is 0 Å². The van der Waals surface area contributed by atoms with Crippen LogP contribution in [0.1, 0.15) is 16.3 Å². The first-order valence-electron chi connectivity index (χ1n) is 8.21. The molecule has 2 heterocycles. The number of carbonyl (C=O) groups excluding carboxylic acids is 1. The molecule has 0 radical (unpaired) electrons. The highest BCUT2D eigenvalue weighted by atomic mass is 32.1. The van der Waals surface area contributed by atoms with E-state index in [4.69, 9.17) is 4.74 Å². The van der Waals surface area contributed by atoms with E-state index in [0.717, 1.165) is 49.2 Å². The number of nitrogens with zero attached hydrogens (tertiary/aromatic N) is 3. The Bertz CT molecular complexity index is 676. The van der Waals surface area contributed by atoms with Gasteiger partial charge in [0.05, 0.1) is 6.54 Å². The van der Waals surface area contributed by atoms with E-state index in [0.29, 0.717) is 0 Å². The predicted octanol–water partition coefficient (Wildman–Crippen LogP) is 2.48. The quantitative estimate of drug-likeness (QED) is 0.835. The van der Waals surface area contributed by atoms with Crippen molar-refractivity contribution in [2.75, 3.05) is 32.8 Å². The van der Waals surface area contributed by atoms with Gasteiger partial charge in [0, 0.05) is 37.3 Å². The maximum Gasteiger partial charge on any atom is 0.260 e. The Kier molecular flexibility index (Phi) is 5.48. The van der Waals surface area contributed by atoms with Gasteiger partial charge in [-0.15, -0.1) is 11.3 Å². The molecule has 6 heteroatoms. The molecular formula is C18H23N3O2S. The van der Waals surface area contributed by atoms with Crippen LogP contribution in [-0.2, 0) is 11.3 Å². The molecule has 2 aromatic rings. The Hall–Kier alpha value is -1.92. The largest absolute Gasteiger partial charge is 0.484 e. The fourth-order valence-corrected chi connectivity index (χ4v) is 3.51. The second-order valence-electron chi connectivity index (χ2n) is 6.14. The number of piperazine rings is 1.